The molecule has 3 aromatic rings. The monoisotopic (exact) mass is 415 g/mol. The minimum absolute atomic E-state index is 0.292. The highest BCUT2D eigenvalue weighted by molar-refractivity contribution is 6.05. The van der Waals surface area contributed by atoms with Crippen molar-refractivity contribution in [1.29, 1.82) is 5.26 Å². The van der Waals surface area contributed by atoms with Crippen molar-refractivity contribution in [3.05, 3.63) is 83.9 Å². The molecule has 0 saturated heterocycles. The Hall–Kier alpha value is -4.31. The lowest BCUT2D eigenvalue weighted by atomic mass is 10.1. The van der Waals surface area contributed by atoms with Crippen LogP contribution < -0.4 is 20.1 Å². The highest BCUT2D eigenvalue weighted by atomic mass is 16.5. The molecule has 0 aliphatic rings. The van der Waals surface area contributed by atoms with Crippen molar-refractivity contribution < 1.29 is 19.1 Å². The normalized spacial score (nSPS) is 11.0. The predicted molar refractivity (Wildman–Crippen MR) is 117 cm³/mol. The van der Waals surface area contributed by atoms with E-state index in [1.54, 1.807) is 73.7 Å². The summed E-state index contributed by atoms with van der Waals surface area (Å²) in [7, 11) is 1.54. The van der Waals surface area contributed by atoms with Gasteiger partial charge in [0.25, 0.3) is 11.8 Å². The van der Waals surface area contributed by atoms with Crippen LogP contribution in [0.5, 0.6) is 11.5 Å². The van der Waals surface area contributed by atoms with Crippen molar-refractivity contribution >= 4 is 23.2 Å². The van der Waals surface area contributed by atoms with E-state index >= 15 is 0 Å². The van der Waals surface area contributed by atoms with Gasteiger partial charge in [-0.15, -0.1) is 0 Å². The molecule has 1 atom stereocenters. The summed E-state index contributed by atoms with van der Waals surface area (Å²) >= 11 is 0. The third-order valence-corrected chi connectivity index (χ3v) is 4.44. The highest BCUT2D eigenvalue weighted by Gasteiger charge is 2.15. The standard InChI is InChI=1S/C24H21N3O4/c1-16(31-20-13-7-17(15-25)8-14-20)23(28)26-19-11-9-18(10-12-19)24(29)27-21-5-3-4-6-22(21)30-2/h3-14,16H,1-2H3,(H,26,28)(H,27,29)/t16-/m0/s1. The van der Waals surface area contributed by atoms with Gasteiger partial charge in [-0.05, 0) is 67.6 Å². The summed E-state index contributed by atoms with van der Waals surface area (Å²) in [6, 6.07) is 22.2. The van der Waals surface area contributed by atoms with Gasteiger partial charge < -0.3 is 20.1 Å². The summed E-state index contributed by atoms with van der Waals surface area (Å²) in [5, 5.41) is 14.4. The van der Waals surface area contributed by atoms with Crippen LogP contribution in [0.3, 0.4) is 0 Å². The summed E-state index contributed by atoms with van der Waals surface area (Å²) in [5.41, 5.74) is 2.06. The van der Waals surface area contributed by atoms with E-state index in [4.69, 9.17) is 14.7 Å². The van der Waals surface area contributed by atoms with Gasteiger partial charge in [-0.2, -0.15) is 5.26 Å². The first-order valence-electron chi connectivity index (χ1n) is 9.52. The number of nitriles is 1. The predicted octanol–water partition coefficient (Wildman–Crippen LogP) is 4.23. The summed E-state index contributed by atoms with van der Waals surface area (Å²) in [5.74, 6) is 0.427. The van der Waals surface area contributed by atoms with Crippen LogP contribution >= 0.6 is 0 Å². The Labute approximate surface area is 180 Å². The van der Waals surface area contributed by atoms with Crippen molar-refractivity contribution in [1.82, 2.24) is 0 Å². The van der Waals surface area contributed by atoms with Gasteiger partial charge in [-0.25, -0.2) is 0 Å². The molecule has 0 radical (unpaired) electrons. The third-order valence-electron chi connectivity index (χ3n) is 4.44. The fourth-order valence-corrected chi connectivity index (χ4v) is 2.76. The van der Waals surface area contributed by atoms with Crippen LogP contribution in [-0.2, 0) is 4.79 Å². The minimum Gasteiger partial charge on any atom is -0.495 e. The molecule has 0 unspecified atom stereocenters. The average molecular weight is 415 g/mol. The fraction of sp³-hybridized carbons (Fsp3) is 0.125. The first-order chi connectivity index (χ1) is 15.0. The number of para-hydroxylation sites is 2. The van der Waals surface area contributed by atoms with E-state index in [0.717, 1.165) is 0 Å². The number of anilines is 2. The molecular formula is C24H21N3O4. The van der Waals surface area contributed by atoms with Crippen molar-refractivity contribution in [3.8, 4) is 17.6 Å². The summed E-state index contributed by atoms with van der Waals surface area (Å²) in [6.45, 7) is 1.63. The van der Waals surface area contributed by atoms with Crippen LogP contribution in [0.1, 0.15) is 22.8 Å². The van der Waals surface area contributed by atoms with Crippen LogP contribution in [0.4, 0.5) is 11.4 Å². The van der Waals surface area contributed by atoms with Crippen molar-refractivity contribution in [2.75, 3.05) is 17.7 Å². The Bertz CT molecular complexity index is 1100. The molecular weight excluding hydrogens is 394 g/mol. The second-order valence-electron chi connectivity index (χ2n) is 6.62. The van der Waals surface area contributed by atoms with Crippen molar-refractivity contribution in [2.24, 2.45) is 0 Å². The summed E-state index contributed by atoms with van der Waals surface area (Å²) in [4.78, 5) is 24.9. The molecule has 0 fully saturated rings. The molecule has 0 bridgehead atoms. The molecule has 0 aromatic heterocycles. The third kappa shape index (κ3) is 5.61. The summed E-state index contributed by atoms with van der Waals surface area (Å²) in [6.07, 6.45) is -0.749. The quantitative estimate of drug-likeness (QED) is 0.602. The number of nitrogens with zero attached hydrogens (tertiary/aromatic N) is 1. The number of methoxy groups -OCH3 is 1. The molecule has 2 N–H and O–H groups in total. The largest absolute Gasteiger partial charge is 0.495 e. The van der Waals surface area contributed by atoms with Gasteiger partial charge in [-0.3, -0.25) is 9.59 Å². The van der Waals surface area contributed by atoms with Crippen LogP contribution in [0.15, 0.2) is 72.8 Å². The first-order valence-corrected chi connectivity index (χ1v) is 9.52. The van der Waals surface area contributed by atoms with E-state index < -0.39 is 6.10 Å². The number of ether oxygens (including phenoxy) is 2. The Morgan fingerprint density at radius 3 is 2.26 bits per heavy atom. The lowest BCUT2D eigenvalue weighted by molar-refractivity contribution is -0.122. The molecule has 7 nitrogen and oxygen atoms in total. The maximum absolute atomic E-state index is 12.5. The van der Waals surface area contributed by atoms with Gasteiger partial charge in [0, 0.05) is 11.3 Å². The number of benzene rings is 3. The van der Waals surface area contributed by atoms with Gasteiger partial charge >= 0.3 is 0 Å². The highest BCUT2D eigenvalue weighted by Crippen LogP contribution is 2.24. The maximum atomic E-state index is 12.5. The van der Waals surface area contributed by atoms with Crippen LogP contribution in [0.2, 0.25) is 0 Å². The minimum atomic E-state index is -0.749. The van der Waals surface area contributed by atoms with Gasteiger partial charge in [0.05, 0.1) is 24.4 Å². The Morgan fingerprint density at radius 2 is 1.61 bits per heavy atom. The topological polar surface area (TPSA) is 100 Å². The van der Waals surface area contributed by atoms with Crippen LogP contribution in [0.25, 0.3) is 0 Å². The first kappa shape index (κ1) is 21.4. The van der Waals surface area contributed by atoms with Gasteiger partial charge in [0.15, 0.2) is 6.10 Å². The van der Waals surface area contributed by atoms with Crippen molar-refractivity contribution in [3.63, 3.8) is 0 Å². The average Bonchev–Trinajstić information content (AvgIpc) is 2.80. The maximum Gasteiger partial charge on any atom is 0.265 e. The van der Waals surface area contributed by atoms with E-state index in [-0.39, 0.29) is 11.8 Å². The second-order valence-corrected chi connectivity index (χ2v) is 6.62. The number of carbonyl (C=O) groups excluding carboxylic acids is 2. The molecule has 3 aromatic carbocycles. The second kappa shape index (κ2) is 9.94. The Morgan fingerprint density at radius 1 is 0.935 bits per heavy atom. The molecule has 156 valence electrons. The Balaban J connectivity index is 1.58. The zero-order valence-corrected chi connectivity index (χ0v) is 17.1. The number of hydrogen-bond acceptors (Lipinski definition) is 5. The van der Waals surface area contributed by atoms with Gasteiger partial charge in [0.1, 0.15) is 11.5 Å². The van der Waals surface area contributed by atoms with E-state index in [2.05, 4.69) is 10.6 Å². The molecule has 7 heteroatoms. The van der Waals surface area contributed by atoms with E-state index in [9.17, 15) is 9.59 Å². The van der Waals surface area contributed by atoms with E-state index in [1.807, 2.05) is 12.1 Å². The van der Waals surface area contributed by atoms with Crippen LogP contribution in [-0.4, -0.2) is 25.0 Å². The van der Waals surface area contributed by atoms with Gasteiger partial charge in [0.2, 0.25) is 0 Å². The lowest BCUT2D eigenvalue weighted by Crippen LogP contribution is -2.30. The zero-order chi connectivity index (χ0) is 22.2. The van der Waals surface area contributed by atoms with Gasteiger partial charge in [-0.1, -0.05) is 12.1 Å². The zero-order valence-electron chi connectivity index (χ0n) is 17.1. The SMILES string of the molecule is COc1ccccc1NC(=O)c1ccc(NC(=O)[C@H](C)Oc2ccc(C#N)cc2)cc1. The molecule has 3 rings (SSSR count). The number of amides is 2. The number of hydrogen-bond donors (Lipinski definition) is 2. The number of rotatable bonds is 7. The molecule has 0 aliphatic heterocycles. The molecule has 0 saturated carbocycles. The molecule has 0 aliphatic carbocycles. The lowest BCUT2D eigenvalue weighted by Gasteiger charge is -2.15. The number of nitrogens with one attached hydrogen (secondary N) is 2. The number of carbonyl (C=O) groups is 2. The Kier molecular flexibility index (Phi) is 6.86. The smallest absolute Gasteiger partial charge is 0.265 e. The molecule has 0 heterocycles. The summed E-state index contributed by atoms with van der Waals surface area (Å²) < 4.78 is 10.8. The van der Waals surface area contributed by atoms with Crippen molar-refractivity contribution in [2.45, 2.75) is 13.0 Å². The molecule has 31 heavy (non-hydrogen) atoms. The van der Waals surface area contributed by atoms with E-state index in [0.29, 0.717) is 34.0 Å². The molecule has 2 amide bonds. The van der Waals surface area contributed by atoms with Crippen LogP contribution in [0, 0.1) is 11.3 Å². The fourth-order valence-electron chi connectivity index (χ4n) is 2.76. The van der Waals surface area contributed by atoms with E-state index in [1.165, 1.54) is 7.11 Å². The molecule has 0 spiro atoms.